The number of ether oxygens (including phenoxy) is 1. The van der Waals surface area contributed by atoms with Gasteiger partial charge in [-0.1, -0.05) is 29.2 Å². The monoisotopic (exact) mass is 271 g/mol. The molecule has 2 heterocycles. The molecular weight excluding hydrogens is 254 g/mol. The summed E-state index contributed by atoms with van der Waals surface area (Å²) >= 11 is 3.32. The molecular formula is C11H17N3OS2. The zero-order valence-corrected chi connectivity index (χ0v) is 11.4. The van der Waals surface area contributed by atoms with Gasteiger partial charge in [0.25, 0.3) is 0 Å². The van der Waals surface area contributed by atoms with Crippen LogP contribution in [0.4, 0.5) is 5.13 Å². The number of nitrogens with zero attached hydrogens (tertiary/aromatic N) is 2. The largest absolute Gasteiger partial charge is 0.377 e. The highest BCUT2D eigenvalue weighted by molar-refractivity contribution is 8.01. The molecule has 2 rings (SSSR count). The number of hydrogen-bond acceptors (Lipinski definition) is 6. The van der Waals surface area contributed by atoms with Gasteiger partial charge in [-0.2, -0.15) is 0 Å². The molecule has 0 unspecified atom stereocenters. The minimum absolute atomic E-state index is 0.391. The average molecular weight is 271 g/mol. The Morgan fingerprint density at radius 1 is 1.53 bits per heavy atom. The lowest BCUT2D eigenvalue weighted by Gasteiger charge is -2.21. The molecule has 1 atom stereocenters. The summed E-state index contributed by atoms with van der Waals surface area (Å²) < 4.78 is 6.68. The van der Waals surface area contributed by atoms with Gasteiger partial charge in [0.2, 0.25) is 5.13 Å². The molecule has 0 aromatic carbocycles. The Morgan fingerprint density at radius 3 is 3.24 bits per heavy atom. The summed E-state index contributed by atoms with van der Waals surface area (Å²) in [5, 5.41) is 12.2. The quantitative estimate of drug-likeness (QED) is 0.637. The summed E-state index contributed by atoms with van der Waals surface area (Å²) in [6.45, 7) is 5.29. The number of rotatable bonds is 6. The van der Waals surface area contributed by atoms with Crippen LogP contribution in [0.2, 0.25) is 0 Å². The predicted molar refractivity (Wildman–Crippen MR) is 72.9 cm³/mol. The van der Waals surface area contributed by atoms with E-state index in [1.54, 1.807) is 23.1 Å². The number of aromatic nitrogens is 2. The summed E-state index contributed by atoms with van der Waals surface area (Å²) in [6, 6.07) is 0. The van der Waals surface area contributed by atoms with Crippen molar-refractivity contribution in [2.45, 2.75) is 29.7 Å². The van der Waals surface area contributed by atoms with Crippen molar-refractivity contribution in [2.75, 3.05) is 24.2 Å². The molecule has 17 heavy (non-hydrogen) atoms. The van der Waals surface area contributed by atoms with Crippen LogP contribution < -0.4 is 5.32 Å². The van der Waals surface area contributed by atoms with Crippen molar-refractivity contribution in [2.24, 2.45) is 0 Å². The van der Waals surface area contributed by atoms with Gasteiger partial charge < -0.3 is 10.1 Å². The molecule has 0 radical (unpaired) electrons. The summed E-state index contributed by atoms with van der Waals surface area (Å²) in [7, 11) is 0. The molecule has 0 spiro atoms. The first-order valence-corrected chi connectivity index (χ1v) is 7.61. The van der Waals surface area contributed by atoms with Crippen LogP contribution >= 0.6 is 23.1 Å². The van der Waals surface area contributed by atoms with Crippen LogP contribution in [0.5, 0.6) is 0 Å². The van der Waals surface area contributed by atoms with E-state index >= 15 is 0 Å². The van der Waals surface area contributed by atoms with Crippen molar-refractivity contribution in [3.8, 4) is 0 Å². The van der Waals surface area contributed by atoms with E-state index in [1.165, 1.54) is 19.3 Å². The number of anilines is 1. The van der Waals surface area contributed by atoms with Gasteiger partial charge in [-0.3, -0.25) is 0 Å². The van der Waals surface area contributed by atoms with Crippen LogP contribution in [-0.2, 0) is 4.74 Å². The Kier molecular flexibility index (Phi) is 5.28. The average Bonchev–Trinajstić information content (AvgIpc) is 2.83. The van der Waals surface area contributed by atoms with E-state index in [-0.39, 0.29) is 0 Å². The molecule has 94 valence electrons. The highest BCUT2D eigenvalue weighted by Gasteiger charge is 2.15. The molecule has 6 heteroatoms. The van der Waals surface area contributed by atoms with Gasteiger partial charge in [-0.15, -0.1) is 16.8 Å². The first-order valence-electron chi connectivity index (χ1n) is 5.81. The van der Waals surface area contributed by atoms with Crippen LogP contribution in [0.3, 0.4) is 0 Å². The van der Waals surface area contributed by atoms with Crippen LogP contribution in [-0.4, -0.2) is 35.2 Å². The summed E-state index contributed by atoms with van der Waals surface area (Å²) in [4.78, 5) is 0. The number of thioether (sulfide) groups is 1. The fraction of sp³-hybridized carbons (Fsp3) is 0.636. The third-order valence-electron chi connectivity index (χ3n) is 2.47. The summed E-state index contributed by atoms with van der Waals surface area (Å²) in [5.74, 6) is 0.982. The van der Waals surface area contributed by atoms with Crippen molar-refractivity contribution in [3.05, 3.63) is 12.7 Å². The summed E-state index contributed by atoms with van der Waals surface area (Å²) in [5.41, 5.74) is 0. The zero-order valence-electron chi connectivity index (χ0n) is 9.72. The van der Waals surface area contributed by atoms with E-state index in [2.05, 4.69) is 22.1 Å². The Labute approximate surface area is 110 Å². The molecule has 1 saturated heterocycles. The number of nitrogens with one attached hydrogen (secondary N) is 1. The van der Waals surface area contributed by atoms with Crippen molar-refractivity contribution in [1.82, 2.24) is 10.2 Å². The fourth-order valence-electron chi connectivity index (χ4n) is 1.60. The van der Waals surface area contributed by atoms with Gasteiger partial charge >= 0.3 is 0 Å². The van der Waals surface area contributed by atoms with Crippen molar-refractivity contribution in [3.63, 3.8) is 0 Å². The molecule has 1 aromatic rings. The maximum absolute atomic E-state index is 5.68. The molecule has 1 aliphatic heterocycles. The van der Waals surface area contributed by atoms with E-state index in [4.69, 9.17) is 4.74 Å². The van der Waals surface area contributed by atoms with E-state index in [9.17, 15) is 0 Å². The first kappa shape index (κ1) is 12.9. The normalized spacial score (nSPS) is 20.1. The highest BCUT2D eigenvalue weighted by Crippen LogP contribution is 2.28. The molecule has 4 nitrogen and oxygen atoms in total. The molecule has 1 N–H and O–H groups in total. The Balaban J connectivity index is 1.74. The summed E-state index contributed by atoms with van der Waals surface area (Å²) in [6.07, 6.45) is 5.86. The standard InChI is InChI=1S/C11H17N3OS2/c1-2-6-12-10-13-14-11(17-10)16-8-9-5-3-4-7-15-9/h2,9H,1,3-8H2,(H,12,13)/t9-/m1/s1. The van der Waals surface area contributed by atoms with Crippen molar-refractivity contribution >= 4 is 28.2 Å². The third-order valence-corrected chi connectivity index (χ3v) is 4.62. The SMILES string of the molecule is C=CCNc1nnc(SC[C@H]2CCCCO2)s1. The Bertz CT molecular complexity index is 350. The lowest BCUT2D eigenvalue weighted by molar-refractivity contribution is 0.0315. The second kappa shape index (κ2) is 6.98. The van der Waals surface area contributed by atoms with Gasteiger partial charge in [-0.05, 0) is 19.3 Å². The molecule has 0 aliphatic carbocycles. The Morgan fingerprint density at radius 2 is 2.47 bits per heavy atom. The maximum atomic E-state index is 5.68. The van der Waals surface area contributed by atoms with Crippen LogP contribution in [0.1, 0.15) is 19.3 Å². The van der Waals surface area contributed by atoms with E-state index in [0.29, 0.717) is 6.10 Å². The van der Waals surface area contributed by atoms with E-state index in [1.807, 2.05) is 6.08 Å². The Hall–Kier alpha value is -0.590. The van der Waals surface area contributed by atoms with Crippen LogP contribution in [0.15, 0.2) is 17.0 Å². The number of hydrogen-bond donors (Lipinski definition) is 1. The minimum Gasteiger partial charge on any atom is -0.377 e. The third kappa shape index (κ3) is 4.29. The van der Waals surface area contributed by atoms with Gasteiger partial charge in [0.05, 0.1) is 6.10 Å². The van der Waals surface area contributed by atoms with Crippen LogP contribution in [0.25, 0.3) is 0 Å². The second-order valence-electron chi connectivity index (χ2n) is 3.84. The molecule has 0 saturated carbocycles. The molecule has 0 amide bonds. The molecule has 0 bridgehead atoms. The topological polar surface area (TPSA) is 47.0 Å². The van der Waals surface area contributed by atoms with E-state index in [0.717, 1.165) is 28.4 Å². The molecule has 1 fully saturated rings. The van der Waals surface area contributed by atoms with Crippen LogP contribution in [0, 0.1) is 0 Å². The maximum Gasteiger partial charge on any atom is 0.206 e. The van der Waals surface area contributed by atoms with Crippen molar-refractivity contribution < 1.29 is 4.74 Å². The lowest BCUT2D eigenvalue weighted by Crippen LogP contribution is -2.21. The lowest BCUT2D eigenvalue weighted by atomic mass is 10.1. The van der Waals surface area contributed by atoms with Gasteiger partial charge in [-0.25, -0.2) is 0 Å². The predicted octanol–water partition coefficient (Wildman–Crippen LogP) is 2.80. The highest BCUT2D eigenvalue weighted by atomic mass is 32.2. The van der Waals surface area contributed by atoms with E-state index < -0.39 is 0 Å². The molecule has 1 aromatic heterocycles. The fourth-order valence-corrected chi connectivity index (χ4v) is 3.45. The van der Waals surface area contributed by atoms with Gasteiger partial charge in [0, 0.05) is 18.9 Å². The van der Waals surface area contributed by atoms with Crippen molar-refractivity contribution in [1.29, 1.82) is 0 Å². The zero-order chi connectivity index (χ0) is 11.9. The first-order chi connectivity index (χ1) is 8.38. The van der Waals surface area contributed by atoms with Gasteiger partial charge in [0.15, 0.2) is 4.34 Å². The minimum atomic E-state index is 0.391. The smallest absolute Gasteiger partial charge is 0.206 e. The van der Waals surface area contributed by atoms with Gasteiger partial charge in [0.1, 0.15) is 0 Å². The second-order valence-corrected chi connectivity index (χ2v) is 6.09. The molecule has 1 aliphatic rings.